The van der Waals surface area contributed by atoms with Gasteiger partial charge in [0.1, 0.15) is 0 Å². The maximum atomic E-state index is 10.2. The van der Waals surface area contributed by atoms with E-state index in [1.165, 1.54) is 0 Å². The standard InChI is InChI=1S/C15H19ClN2O/c1-2-10-18-14(13(16)11-17-18)8-9-15(19)12-6-4-3-5-7-12/h3-7,11,15,19H,2,8-10H2,1H3. The zero-order chi connectivity index (χ0) is 13.7. The van der Waals surface area contributed by atoms with Gasteiger partial charge in [-0.3, -0.25) is 4.68 Å². The van der Waals surface area contributed by atoms with E-state index >= 15 is 0 Å². The summed E-state index contributed by atoms with van der Waals surface area (Å²) in [6.45, 7) is 2.97. The van der Waals surface area contributed by atoms with Gasteiger partial charge in [-0.1, -0.05) is 48.9 Å². The smallest absolute Gasteiger partial charge is 0.0817 e. The monoisotopic (exact) mass is 278 g/mol. The molecule has 0 aliphatic carbocycles. The molecule has 0 aliphatic rings. The topological polar surface area (TPSA) is 38.0 Å². The minimum Gasteiger partial charge on any atom is -0.388 e. The van der Waals surface area contributed by atoms with Crippen molar-refractivity contribution in [3.05, 3.63) is 52.8 Å². The van der Waals surface area contributed by atoms with Crippen molar-refractivity contribution in [1.82, 2.24) is 9.78 Å². The molecule has 3 nitrogen and oxygen atoms in total. The first-order valence-corrected chi connectivity index (χ1v) is 7.03. The van der Waals surface area contributed by atoms with E-state index in [1.54, 1.807) is 6.20 Å². The van der Waals surface area contributed by atoms with E-state index in [0.717, 1.165) is 30.6 Å². The fourth-order valence-electron chi connectivity index (χ4n) is 2.16. The number of halogens is 1. The molecule has 2 rings (SSSR count). The van der Waals surface area contributed by atoms with E-state index < -0.39 is 6.10 Å². The number of aliphatic hydroxyl groups excluding tert-OH is 1. The van der Waals surface area contributed by atoms with E-state index in [9.17, 15) is 5.11 Å². The molecule has 1 atom stereocenters. The molecule has 0 saturated carbocycles. The van der Waals surface area contributed by atoms with Crippen molar-refractivity contribution in [2.75, 3.05) is 0 Å². The average molecular weight is 279 g/mol. The summed E-state index contributed by atoms with van der Waals surface area (Å²) >= 11 is 6.15. The van der Waals surface area contributed by atoms with Gasteiger partial charge in [-0.2, -0.15) is 5.10 Å². The molecule has 0 fully saturated rings. The fourth-order valence-corrected chi connectivity index (χ4v) is 2.39. The van der Waals surface area contributed by atoms with Gasteiger partial charge in [-0.05, 0) is 24.8 Å². The Bertz CT molecular complexity index is 510. The van der Waals surface area contributed by atoms with Gasteiger partial charge in [-0.15, -0.1) is 0 Å². The lowest BCUT2D eigenvalue weighted by Gasteiger charge is -2.12. The van der Waals surface area contributed by atoms with E-state index in [2.05, 4.69) is 12.0 Å². The molecule has 0 spiro atoms. The number of hydrogen-bond donors (Lipinski definition) is 1. The van der Waals surface area contributed by atoms with Crippen LogP contribution in [-0.2, 0) is 13.0 Å². The summed E-state index contributed by atoms with van der Waals surface area (Å²) in [6, 6.07) is 9.70. The molecular weight excluding hydrogens is 260 g/mol. The van der Waals surface area contributed by atoms with Gasteiger partial charge in [-0.25, -0.2) is 0 Å². The van der Waals surface area contributed by atoms with Crippen LogP contribution in [0.5, 0.6) is 0 Å². The van der Waals surface area contributed by atoms with Crippen LogP contribution in [0.15, 0.2) is 36.5 Å². The Kier molecular flexibility index (Phi) is 5.00. The van der Waals surface area contributed by atoms with Crippen LogP contribution >= 0.6 is 11.6 Å². The molecule has 1 aromatic heterocycles. The summed E-state index contributed by atoms with van der Waals surface area (Å²) in [5, 5.41) is 15.1. The van der Waals surface area contributed by atoms with Crippen molar-refractivity contribution in [1.29, 1.82) is 0 Å². The summed E-state index contributed by atoms with van der Waals surface area (Å²) in [5.74, 6) is 0. The largest absolute Gasteiger partial charge is 0.388 e. The normalized spacial score (nSPS) is 12.6. The molecular formula is C15H19ClN2O. The van der Waals surface area contributed by atoms with Gasteiger partial charge in [0.2, 0.25) is 0 Å². The lowest BCUT2D eigenvalue weighted by atomic mass is 10.0. The summed E-state index contributed by atoms with van der Waals surface area (Å²) in [7, 11) is 0. The Balaban J connectivity index is 2.00. The molecule has 1 heterocycles. The maximum absolute atomic E-state index is 10.2. The van der Waals surface area contributed by atoms with Crippen LogP contribution in [0.25, 0.3) is 0 Å². The van der Waals surface area contributed by atoms with Crippen molar-refractivity contribution in [3.8, 4) is 0 Å². The van der Waals surface area contributed by atoms with Crippen LogP contribution in [0.1, 0.15) is 37.1 Å². The molecule has 2 aromatic rings. The number of nitrogens with zero attached hydrogens (tertiary/aromatic N) is 2. The van der Waals surface area contributed by atoms with E-state index in [4.69, 9.17) is 11.6 Å². The number of rotatable bonds is 6. The van der Waals surface area contributed by atoms with E-state index in [0.29, 0.717) is 11.4 Å². The van der Waals surface area contributed by atoms with Gasteiger partial charge in [0.05, 0.1) is 23.0 Å². The Labute approximate surface area is 118 Å². The third-order valence-electron chi connectivity index (χ3n) is 3.17. The molecule has 4 heteroatoms. The Hall–Kier alpha value is -1.32. The van der Waals surface area contributed by atoms with Crippen LogP contribution < -0.4 is 0 Å². The number of benzene rings is 1. The quantitative estimate of drug-likeness (QED) is 0.876. The maximum Gasteiger partial charge on any atom is 0.0817 e. The Morgan fingerprint density at radius 3 is 2.74 bits per heavy atom. The number of aryl methyl sites for hydroxylation is 1. The SMILES string of the molecule is CCCn1ncc(Cl)c1CCC(O)c1ccccc1. The molecule has 19 heavy (non-hydrogen) atoms. The molecule has 1 unspecified atom stereocenters. The van der Waals surface area contributed by atoms with E-state index in [1.807, 2.05) is 35.0 Å². The van der Waals surface area contributed by atoms with Crippen molar-refractivity contribution < 1.29 is 5.11 Å². The number of aromatic nitrogens is 2. The molecule has 0 saturated heterocycles. The van der Waals surface area contributed by atoms with E-state index in [-0.39, 0.29) is 0 Å². The minimum atomic E-state index is -0.456. The number of aliphatic hydroxyl groups is 1. The first-order valence-electron chi connectivity index (χ1n) is 6.65. The molecule has 0 aliphatic heterocycles. The van der Waals surface area contributed by atoms with Gasteiger partial charge in [0.25, 0.3) is 0 Å². The number of hydrogen-bond acceptors (Lipinski definition) is 2. The zero-order valence-electron chi connectivity index (χ0n) is 11.1. The predicted octanol–water partition coefficient (Wildman–Crippen LogP) is 3.61. The summed E-state index contributed by atoms with van der Waals surface area (Å²) in [4.78, 5) is 0. The summed E-state index contributed by atoms with van der Waals surface area (Å²) < 4.78 is 1.93. The second-order valence-electron chi connectivity index (χ2n) is 4.63. The first-order chi connectivity index (χ1) is 9.22. The van der Waals surface area contributed by atoms with Crippen LogP contribution in [0.3, 0.4) is 0 Å². The first kappa shape index (κ1) is 14.1. The van der Waals surface area contributed by atoms with Gasteiger partial charge in [0, 0.05) is 6.54 Å². The molecule has 0 amide bonds. The third kappa shape index (κ3) is 3.58. The average Bonchev–Trinajstić information content (AvgIpc) is 2.78. The van der Waals surface area contributed by atoms with Crippen LogP contribution in [0, 0.1) is 0 Å². The van der Waals surface area contributed by atoms with Gasteiger partial charge >= 0.3 is 0 Å². The minimum absolute atomic E-state index is 0.456. The second kappa shape index (κ2) is 6.73. The third-order valence-corrected chi connectivity index (χ3v) is 3.49. The van der Waals surface area contributed by atoms with Gasteiger partial charge in [0.15, 0.2) is 0 Å². The van der Waals surface area contributed by atoms with Crippen molar-refractivity contribution in [2.24, 2.45) is 0 Å². The summed E-state index contributed by atoms with van der Waals surface area (Å²) in [6.07, 6.45) is 3.63. The highest BCUT2D eigenvalue weighted by Gasteiger charge is 2.12. The zero-order valence-corrected chi connectivity index (χ0v) is 11.8. The van der Waals surface area contributed by atoms with Crippen LogP contribution in [-0.4, -0.2) is 14.9 Å². The van der Waals surface area contributed by atoms with Gasteiger partial charge < -0.3 is 5.11 Å². The molecule has 1 aromatic carbocycles. The highest BCUT2D eigenvalue weighted by molar-refractivity contribution is 6.31. The van der Waals surface area contributed by atoms with Crippen molar-refractivity contribution in [2.45, 2.75) is 38.8 Å². The Morgan fingerprint density at radius 1 is 1.32 bits per heavy atom. The second-order valence-corrected chi connectivity index (χ2v) is 5.03. The van der Waals surface area contributed by atoms with Crippen LogP contribution in [0.2, 0.25) is 5.02 Å². The lowest BCUT2D eigenvalue weighted by molar-refractivity contribution is 0.167. The van der Waals surface area contributed by atoms with Crippen molar-refractivity contribution >= 4 is 11.6 Å². The summed E-state index contributed by atoms with van der Waals surface area (Å²) in [5.41, 5.74) is 1.96. The molecule has 0 bridgehead atoms. The lowest BCUT2D eigenvalue weighted by Crippen LogP contribution is -2.07. The Morgan fingerprint density at radius 2 is 2.05 bits per heavy atom. The molecule has 0 radical (unpaired) electrons. The highest BCUT2D eigenvalue weighted by Crippen LogP contribution is 2.22. The molecule has 102 valence electrons. The predicted molar refractivity (Wildman–Crippen MR) is 77.3 cm³/mol. The molecule has 1 N–H and O–H groups in total. The van der Waals surface area contributed by atoms with Crippen molar-refractivity contribution in [3.63, 3.8) is 0 Å². The van der Waals surface area contributed by atoms with Crippen LogP contribution in [0.4, 0.5) is 0 Å². The fraction of sp³-hybridized carbons (Fsp3) is 0.400. The highest BCUT2D eigenvalue weighted by atomic mass is 35.5.